The fourth-order valence-corrected chi connectivity index (χ4v) is 0.659. The van der Waals surface area contributed by atoms with Crippen molar-refractivity contribution in [3.8, 4) is 0 Å². The van der Waals surface area contributed by atoms with Crippen molar-refractivity contribution >= 4 is 18.4 Å². The van der Waals surface area contributed by atoms with Crippen molar-refractivity contribution < 1.29 is 40.3 Å². The zero-order valence-electron chi connectivity index (χ0n) is 8.03. The van der Waals surface area contributed by atoms with Gasteiger partial charge in [0, 0.05) is 0 Å². The van der Waals surface area contributed by atoms with Crippen molar-refractivity contribution in [2.45, 2.75) is 24.1 Å². The molecule has 0 saturated heterocycles. The molecule has 0 saturated carbocycles. The number of hydrogen-bond donors (Lipinski definition) is 1. The molecule has 0 spiro atoms. The van der Waals surface area contributed by atoms with Crippen LogP contribution in [0.25, 0.3) is 0 Å². The van der Waals surface area contributed by atoms with Gasteiger partial charge in [-0.05, 0) is 0 Å². The van der Waals surface area contributed by atoms with Gasteiger partial charge < -0.3 is 10.5 Å². The summed E-state index contributed by atoms with van der Waals surface area (Å²) in [6, 6.07) is -3.41. The summed E-state index contributed by atoms with van der Waals surface area (Å²) in [5.74, 6) is -14.3. The summed E-state index contributed by atoms with van der Waals surface area (Å²) in [5, 5.41) is 0. The number of carbonyl (C=O) groups excluding carboxylic acids is 1. The molecule has 0 aromatic heterocycles. The molecule has 0 fully saturated rings. The van der Waals surface area contributed by atoms with E-state index in [-0.39, 0.29) is 12.4 Å². The van der Waals surface area contributed by atoms with Crippen LogP contribution in [0.15, 0.2) is 0 Å². The number of alkyl halides is 7. The SMILES string of the molecule is COC(=O)[C@@H](N)C(F)(F)C(F)(F)C(F)(F)F.Cl. The van der Waals surface area contributed by atoms with E-state index in [1.165, 1.54) is 0 Å². The summed E-state index contributed by atoms with van der Waals surface area (Å²) in [7, 11) is 0.518. The topological polar surface area (TPSA) is 52.3 Å². The van der Waals surface area contributed by atoms with E-state index in [9.17, 15) is 35.5 Å². The Balaban J connectivity index is 0. The maximum absolute atomic E-state index is 12.6. The average Bonchev–Trinajstić information content (AvgIpc) is 2.13. The van der Waals surface area contributed by atoms with Crippen LogP contribution in [-0.2, 0) is 9.53 Å². The quantitative estimate of drug-likeness (QED) is 0.637. The van der Waals surface area contributed by atoms with Crippen molar-refractivity contribution in [2.75, 3.05) is 7.11 Å². The number of rotatable bonds is 3. The Labute approximate surface area is 96.5 Å². The zero-order valence-corrected chi connectivity index (χ0v) is 8.84. The van der Waals surface area contributed by atoms with Crippen LogP contribution in [0.1, 0.15) is 0 Å². The summed E-state index contributed by atoms with van der Waals surface area (Å²) in [5.41, 5.74) is 4.28. The maximum Gasteiger partial charge on any atom is 0.459 e. The molecule has 0 aromatic carbocycles. The second-order valence-corrected chi connectivity index (χ2v) is 2.70. The summed E-state index contributed by atoms with van der Waals surface area (Å²) in [6.45, 7) is 0. The lowest BCUT2D eigenvalue weighted by molar-refractivity contribution is -0.357. The van der Waals surface area contributed by atoms with Gasteiger partial charge in [-0.1, -0.05) is 0 Å². The first-order valence-corrected chi connectivity index (χ1v) is 3.55. The summed E-state index contributed by atoms with van der Waals surface area (Å²) in [4.78, 5) is 10.4. The Morgan fingerprint density at radius 2 is 1.47 bits per heavy atom. The third-order valence-electron chi connectivity index (χ3n) is 1.62. The minimum Gasteiger partial charge on any atom is -0.468 e. The second-order valence-electron chi connectivity index (χ2n) is 2.70. The normalized spacial score (nSPS) is 14.9. The zero-order chi connectivity index (χ0) is 13.4. The van der Waals surface area contributed by atoms with Crippen LogP contribution < -0.4 is 5.73 Å². The lowest BCUT2D eigenvalue weighted by atomic mass is 10.0. The number of hydrogen-bond acceptors (Lipinski definition) is 3. The molecule has 0 aliphatic carbocycles. The first-order valence-electron chi connectivity index (χ1n) is 3.55. The molecule has 11 heteroatoms. The van der Waals surface area contributed by atoms with Crippen LogP contribution in [0.2, 0.25) is 0 Å². The molecule has 17 heavy (non-hydrogen) atoms. The number of nitrogens with two attached hydrogens (primary N) is 1. The fraction of sp³-hybridized carbons (Fsp3) is 0.833. The van der Waals surface area contributed by atoms with E-state index in [1.54, 1.807) is 0 Å². The summed E-state index contributed by atoms with van der Waals surface area (Å²) < 4.78 is 88.3. The monoisotopic (exact) mass is 293 g/mol. The molecule has 0 amide bonds. The molecular formula is C6H7ClF7NO2. The van der Waals surface area contributed by atoms with Gasteiger partial charge in [0.15, 0.2) is 6.04 Å². The van der Waals surface area contributed by atoms with Crippen molar-refractivity contribution in [3.63, 3.8) is 0 Å². The molecule has 0 aromatic rings. The highest BCUT2D eigenvalue weighted by molar-refractivity contribution is 5.85. The molecule has 0 unspecified atom stereocenters. The van der Waals surface area contributed by atoms with E-state index in [0.29, 0.717) is 7.11 Å². The number of carbonyl (C=O) groups is 1. The third-order valence-corrected chi connectivity index (χ3v) is 1.62. The van der Waals surface area contributed by atoms with Gasteiger partial charge in [-0.2, -0.15) is 30.7 Å². The van der Waals surface area contributed by atoms with Gasteiger partial charge in [-0.15, -0.1) is 12.4 Å². The van der Waals surface area contributed by atoms with Crippen molar-refractivity contribution in [1.82, 2.24) is 0 Å². The fourth-order valence-electron chi connectivity index (χ4n) is 0.659. The Morgan fingerprint density at radius 3 is 1.71 bits per heavy atom. The van der Waals surface area contributed by atoms with Gasteiger partial charge in [0.05, 0.1) is 7.11 Å². The largest absolute Gasteiger partial charge is 0.468 e. The smallest absolute Gasteiger partial charge is 0.459 e. The molecule has 0 heterocycles. The van der Waals surface area contributed by atoms with Crippen LogP contribution in [-0.4, -0.2) is 37.1 Å². The molecule has 0 aliphatic rings. The molecule has 104 valence electrons. The lowest BCUT2D eigenvalue weighted by Crippen LogP contribution is -2.63. The Bertz CT molecular complexity index is 280. The van der Waals surface area contributed by atoms with E-state index >= 15 is 0 Å². The van der Waals surface area contributed by atoms with E-state index in [0.717, 1.165) is 0 Å². The predicted octanol–water partition coefficient (Wildman–Crippen LogP) is 1.74. The van der Waals surface area contributed by atoms with E-state index in [1.807, 2.05) is 0 Å². The number of methoxy groups -OCH3 is 1. The Hall–Kier alpha value is -0.770. The highest BCUT2D eigenvalue weighted by atomic mass is 35.5. The highest BCUT2D eigenvalue weighted by Gasteiger charge is 2.76. The molecule has 0 rings (SSSR count). The van der Waals surface area contributed by atoms with E-state index in [2.05, 4.69) is 10.5 Å². The van der Waals surface area contributed by atoms with Crippen LogP contribution in [0.5, 0.6) is 0 Å². The van der Waals surface area contributed by atoms with Gasteiger partial charge in [0.2, 0.25) is 0 Å². The number of halogens is 8. The summed E-state index contributed by atoms with van der Waals surface area (Å²) >= 11 is 0. The molecule has 0 bridgehead atoms. The lowest BCUT2D eigenvalue weighted by Gasteiger charge is -2.30. The molecule has 2 N–H and O–H groups in total. The van der Waals surface area contributed by atoms with Crippen LogP contribution in [0.3, 0.4) is 0 Å². The molecule has 3 nitrogen and oxygen atoms in total. The van der Waals surface area contributed by atoms with Crippen LogP contribution in [0.4, 0.5) is 30.7 Å². The van der Waals surface area contributed by atoms with Gasteiger partial charge in [-0.25, -0.2) is 0 Å². The standard InChI is InChI=1S/C6H6F7NO2.ClH/c1-16-3(15)2(14)4(7,8)5(9,10)6(11,12)13;/h2H,14H2,1H3;1H/t2-;/m1./s1. The highest BCUT2D eigenvalue weighted by Crippen LogP contribution is 2.47. The number of esters is 1. The Morgan fingerprint density at radius 1 is 1.12 bits per heavy atom. The third kappa shape index (κ3) is 3.12. The predicted molar refractivity (Wildman–Crippen MR) is 43.2 cm³/mol. The average molecular weight is 294 g/mol. The van der Waals surface area contributed by atoms with Gasteiger partial charge >= 0.3 is 24.0 Å². The molecular weight excluding hydrogens is 287 g/mol. The minimum atomic E-state index is -6.53. The summed E-state index contributed by atoms with van der Waals surface area (Å²) in [6.07, 6.45) is -6.53. The van der Waals surface area contributed by atoms with Crippen LogP contribution >= 0.6 is 12.4 Å². The second kappa shape index (κ2) is 5.25. The molecule has 0 aliphatic heterocycles. The van der Waals surface area contributed by atoms with Gasteiger partial charge in [-0.3, -0.25) is 4.79 Å². The van der Waals surface area contributed by atoms with Crippen molar-refractivity contribution in [2.24, 2.45) is 5.73 Å². The minimum absolute atomic E-state index is 0. The first-order chi connectivity index (χ1) is 6.89. The van der Waals surface area contributed by atoms with Crippen LogP contribution in [0, 0.1) is 0 Å². The molecule has 0 radical (unpaired) electrons. The van der Waals surface area contributed by atoms with E-state index < -0.39 is 30.0 Å². The Kier molecular flexibility index (Phi) is 5.74. The molecule has 1 atom stereocenters. The van der Waals surface area contributed by atoms with Crippen molar-refractivity contribution in [3.05, 3.63) is 0 Å². The van der Waals surface area contributed by atoms with Gasteiger partial charge in [0.25, 0.3) is 0 Å². The first kappa shape index (κ1) is 18.6. The van der Waals surface area contributed by atoms with E-state index in [4.69, 9.17) is 0 Å². The maximum atomic E-state index is 12.6. The number of ether oxygens (including phenoxy) is 1. The van der Waals surface area contributed by atoms with Gasteiger partial charge in [0.1, 0.15) is 0 Å². The van der Waals surface area contributed by atoms with Crippen molar-refractivity contribution in [1.29, 1.82) is 0 Å².